The van der Waals surface area contributed by atoms with Crippen LogP contribution in [0.4, 0.5) is 15.8 Å². The number of hydrogen-bond donors (Lipinski definition) is 1. The van der Waals surface area contributed by atoms with Crippen molar-refractivity contribution in [1.82, 2.24) is 4.90 Å². The van der Waals surface area contributed by atoms with Crippen molar-refractivity contribution in [3.63, 3.8) is 0 Å². The number of nitrogens with one attached hydrogen (secondary N) is 1. The SMILES string of the molecule is O=C(CCN1CCOCC1C1CC1)Nc1cc([N+](=O)[O-])ccc1F. The topological polar surface area (TPSA) is 84.7 Å². The minimum Gasteiger partial charge on any atom is -0.378 e. The number of ether oxygens (including phenoxy) is 1. The number of anilines is 1. The van der Waals surface area contributed by atoms with Crippen LogP contribution in [-0.4, -0.2) is 48.1 Å². The fourth-order valence-electron chi connectivity index (χ4n) is 3.03. The number of hydrogen-bond acceptors (Lipinski definition) is 5. The van der Waals surface area contributed by atoms with Crippen molar-refractivity contribution in [2.45, 2.75) is 25.3 Å². The number of carbonyl (C=O) groups is 1. The Bertz CT molecular complexity index is 636. The third-order valence-corrected chi connectivity index (χ3v) is 4.51. The van der Waals surface area contributed by atoms with E-state index in [9.17, 15) is 19.3 Å². The maximum absolute atomic E-state index is 13.7. The second kappa shape index (κ2) is 7.23. The monoisotopic (exact) mass is 337 g/mol. The van der Waals surface area contributed by atoms with E-state index in [1.807, 2.05) is 0 Å². The molecule has 8 heteroatoms. The molecule has 1 aromatic rings. The molecular weight excluding hydrogens is 317 g/mol. The number of carbonyl (C=O) groups excluding carboxylic acids is 1. The van der Waals surface area contributed by atoms with E-state index in [-0.39, 0.29) is 23.7 Å². The first-order valence-corrected chi connectivity index (χ1v) is 8.10. The third kappa shape index (κ3) is 4.07. The lowest BCUT2D eigenvalue weighted by atomic mass is 10.1. The van der Waals surface area contributed by atoms with Crippen molar-refractivity contribution in [3.05, 3.63) is 34.1 Å². The molecule has 0 bridgehead atoms. The van der Waals surface area contributed by atoms with Gasteiger partial charge in [0.1, 0.15) is 5.82 Å². The largest absolute Gasteiger partial charge is 0.378 e. The molecule has 1 heterocycles. The quantitative estimate of drug-likeness (QED) is 0.635. The van der Waals surface area contributed by atoms with Crippen molar-refractivity contribution in [2.24, 2.45) is 5.92 Å². The number of benzene rings is 1. The molecule has 24 heavy (non-hydrogen) atoms. The molecule has 1 aromatic carbocycles. The van der Waals surface area contributed by atoms with Crippen LogP contribution in [0.25, 0.3) is 0 Å². The number of halogens is 1. The predicted octanol–water partition coefficient (Wildman–Crippen LogP) is 2.17. The molecule has 0 spiro atoms. The van der Waals surface area contributed by atoms with E-state index in [0.717, 1.165) is 24.7 Å². The second-order valence-corrected chi connectivity index (χ2v) is 6.24. The number of rotatable bonds is 6. The van der Waals surface area contributed by atoms with E-state index in [1.54, 1.807) is 0 Å². The molecular formula is C16H20FN3O4. The van der Waals surface area contributed by atoms with Crippen LogP contribution in [-0.2, 0) is 9.53 Å². The lowest BCUT2D eigenvalue weighted by molar-refractivity contribution is -0.384. The number of nitro benzene ring substituents is 1. The molecule has 1 saturated heterocycles. The highest BCUT2D eigenvalue weighted by Gasteiger charge is 2.37. The van der Waals surface area contributed by atoms with E-state index < -0.39 is 10.7 Å². The number of morpholine rings is 1. The first-order chi connectivity index (χ1) is 11.5. The van der Waals surface area contributed by atoms with Gasteiger partial charge in [-0.2, -0.15) is 0 Å². The second-order valence-electron chi connectivity index (χ2n) is 6.24. The fourth-order valence-corrected chi connectivity index (χ4v) is 3.03. The zero-order valence-corrected chi connectivity index (χ0v) is 13.2. The Labute approximate surface area is 138 Å². The van der Waals surface area contributed by atoms with Gasteiger partial charge in [-0.1, -0.05) is 0 Å². The van der Waals surface area contributed by atoms with Crippen LogP contribution in [0, 0.1) is 21.8 Å². The molecule has 1 atom stereocenters. The summed E-state index contributed by atoms with van der Waals surface area (Å²) in [5.41, 5.74) is -0.413. The maximum atomic E-state index is 13.7. The molecule has 130 valence electrons. The average Bonchev–Trinajstić information content (AvgIpc) is 3.40. The summed E-state index contributed by atoms with van der Waals surface area (Å²) in [5, 5.41) is 13.2. The summed E-state index contributed by atoms with van der Waals surface area (Å²) >= 11 is 0. The van der Waals surface area contributed by atoms with Crippen LogP contribution in [0.15, 0.2) is 18.2 Å². The molecule has 1 aliphatic heterocycles. The first kappa shape index (κ1) is 16.8. The van der Waals surface area contributed by atoms with Gasteiger partial charge >= 0.3 is 0 Å². The van der Waals surface area contributed by atoms with Crippen LogP contribution in [0.5, 0.6) is 0 Å². The van der Waals surface area contributed by atoms with Crippen LogP contribution < -0.4 is 5.32 Å². The van der Waals surface area contributed by atoms with E-state index >= 15 is 0 Å². The highest BCUT2D eigenvalue weighted by Crippen LogP contribution is 2.36. The fraction of sp³-hybridized carbons (Fsp3) is 0.562. The van der Waals surface area contributed by atoms with Crippen LogP contribution in [0.3, 0.4) is 0 Å². The van der Waals surface area contributed by atoms with Crippen LogP contribution in [0.2, 0.25) is 0 Å². The summed E-state index contributed by atoms with van der Waals surface area (Å²) in [7, 11) is 0. The molecule has 1 saturated carbocycles. The van der Waals surface area contributed by atoms with Gasteiger partial charge in [0.05, 0.1) is 23.8 Å². The molecule has 0 aromatic heterocycles. The molecule has 7 nitrogen and oxygen atoms in total. The summed E-state index contributed by atoms with van der Waals surface area (Å²) in [4.78, 5) is 24.4. The van der Waals surface area contributed by atoms with E-state index in [1.165, 1.54) is 12.8 Å². The summed E-state index contributed by atoms with van der Waals surface area (Å²) < 4.78 is 19.2. The Morgan fingerprint density at radius 3 is 2.96 bits per heavy atom. The zero-order chi connectivity index (χ0) is 17.1. The predicted molar refractivity (Wildman–Crippen MR) is 85.2 cm³/mol. The summed E-state index contributed by atoms with van der Waals surface area (Å²) in [6.07, 6.45) is 2.62. The van der Waals surface area contributed by atoms with Crippen molar-refractivity contribution in [3.8, 4) is 0 Å². The summed E-state index contributed by atoms with van der Waals surface area (Å²) in [6, 6.07) is 3.45. The molecule has 0 radical (unpaired) electrons. The van der Waals surface area contributed by atoms with Gasteiger partial charge in [-0.25, -0.2) is 4.39 Å². The van der Waals surface area contributed by atoms with Crippen molar-refractivity contribution >= 4 is 17.3 Å². The van der Waals surface area contributed by atoms with E-state index in [2.05, 4.69) is 10.2 Å². The minimum atomic E-state index is -0.684. The standard InChI is InChI=1S/C16H20FN3O4/c17-13-4-3-12(20(22)23)9-14(13)18-16(21)5-6-19-7-8-24-10-15(19)11-1-2-11/h3-4,9,11,15H,1-2,5-8,10H2,(H,18,21). The third-order valence-electron chi connectivity index (χ3n) is 4.51. The Morgan fingerprint density at radius 1 is 1.46 bits per heavy atom. The van der Waals surface area contributed by atoms with Gasteiger partial charge < -0.3 is 10.1 Å². The molecule has 1 unspecified atom stereocenters. The lowest BCUT2D eigenvalue weighted by Crippen LogP contribution is -2.47. The number of nitro groups is 1. The number of non-ortho nitro benzene ring substituents is 1. The van der Waals surface area contributed by atoms with Gasteiger partial charge in [0, 0.05) is 37.7 Å². The first-order valence-electron chi connectivity index (χ1n) is 8.10. The van der Waals surface area contributed by atoms with Gasteiger partial charge in [-0.05, 0) is 24.8 Å². The Hall–Kier alpha value is -2.06. The lowest BCUT2D eigenvalue weighted by Gasteiger charge is -2.35. The van der Waals surface area contributed by atoms with Gasteiger partial charge in [0.15, 0.2) is 0 Å². The molecule has 1 aliphatic carbocycles. The Kier molecular flexibility index (Phi) is 5.06. The van der Waals surface area contributed by atoms with Gasteiger partial charge in [-0.15, -0.1) is 0 Å². The van der Waals surface area contributed by atoms with E-state index in [4.69, 9.17) is 4.74 Å². The van der Waals surface area contributed by atoms with Gasteiger partial charge in [-0.3, -0.25) is 19.8 Å². The molecule has 2 fully saturated rings. The number of amides is 1. The zero-order valence-electron chi connectivity index (χ0n) is 13.2. The molecule has 1 amide bonds. The van der Waals surface area contributed by atoms with Crippen molar-refractivity contribution < 1.29 is 18.8 Å². The van der Waals surface area contributed by atoms with Crippen molar-refractivity contribution in [2.75, 3.05) is 31.6 Å². The molecule has 3 rings (SSSR count). The Morgan fingerprint density at radius 2 is 2.25 bits per heavy atom. The normalized spacial score (nSPS) is 21.5. The minimum absolute atomic E-state index is 0.157. The molecule has 2 aliphatic rings. The average molecular weight is 337 g/mol. The highest BCUT2D eigenvalue weighted by atomic mass is 19.1. The highest BCUT2D eigenvalue weighted by molar-refractivity contribution is 5.91. The molecule has 1 N–H and O–H groups in total. The smallest absolute Gasteiger partial charge is 0.271 e. The van der Waals surface area contributed by atoms with Crippen molar-refractivity contribution in [1.29, 1.82) is 0 Å². The maximum Gasteiger partial charge on any atom is 0.271 e. The van der Waals surface area contributed by atoms with Gasteiger partial charge in [0.2, 0.25) is 5.91 Å². The number of nitrogens with zero attached hydrogens (tertiary/aromatic N) is 2. The van der Waals surface area contributed by atoms with Crippen LogP contribution >= 0.6 is 0 Å². The Balaban J connectivity index is 1.55. The van der Waals surface area contributed by atoms with Gasteiger partial charge in [0.25, 0.3) is 5.69 Å². The van der Waals surface area contributed by atoms with Crippen LogP contribution in [0.1, 0.15) is 19.3 Å². The summed E-state index contributed by atoms with van der Waals surface area (Å²) in [5.74, 6) is -0.380. The summed E-state index contributed by atoms with van der Waals surface area (Å²) in [6.45, 7) is 2.72. The van der Waals surface area contributed by atoms with E-state index in [0.29, 0.717) is 31.7 Å².